The molecule has 0 atom stereocenters. The summed E-state index contributed by atoms with van der Waals surface area (Å²) in [5.41, 5.74) is 2.68. The molecule has 1 N–H and O–H groups in total. The van der Waals surface area contributed by atoms with E-state index in [-0.39, 0.29) is 0 Å². The van der Waals surface area contributed by atoms with Gasteiger partial charge in [0.05, 0.1) is 7.11 Å². The summed E-state index contributed by atoms with van der Waals surface area (Å²) in [6, 6.07) is 6.58. The van der Waals surface area contributed by atoms with Crippen LogP contribution in [0.3, 0.4) is 0 Å². The minimum absolute atomic E-state index is 0.919. The van der Waals surface area contributed by atoms with Crippen molar-refractivity contribution in [1.82, 2.24) is 10.2 Å². The average Bonchev–Trinajstić information content (AvgIpc) is 3.36. The smallest absolute Gasteiger partial charge is 0.123 e. The quantitative estimate of drug-likeness (QED) is 0.756. The third-order valence-corrected chi connectivity index (χ3v) is 4.55. The maximum absolute atomic E-state index is 5.57. The second-order valence-electron chi connectivity index (χ2n) is 6.76. The van der Waals surface area contributed by atoms with Crippen molar-refractivity contribution in [2.45, 2.75) is 38.8 Å². The highest BCUT2D eigenvalue weighted by molar-refractivity contribution is 5.37. The third kappa shape index (κ3) is 4.45. The van der Waals surface area contributed by atoms with Crippen LogP contribution in [0.4, 0.5) is 0 Å². The summed E-state index contributed by atoms with van der Waals surface area (Å²) in [7, 11) is 3.78. The van der Waals surface area contributed by atoms with Crippen LogP contribution in [-0.4, -0.2) is 32.1 Å². The van der Waals surface area contributed by atoms with Gasteiger partial charge in [0, 0.05) is 31.7 Å². The molecule has 1 aromatic rings. The van der Waals surface area contributed by atoms with Gasteiger partial charge < -0.3 is 10.1 Å². The molecule has 0 saturated heterocycles. The van der Waals surface area contributed by atoms with Crippen LogP contribution in [0, 0.1) is 11.8 Å². The summed E-state index contributed by atoms with van der Waals surface area (Å²) in [4.78, 5) is 2.66. The predicted molar refractivity (Wildman–Crippen MR) is 86.5 cm³/mol. The van der Waals surface area contributed by atoms with Crippen LogP contribution in [0.5, 0.6) is 5.75 Å². The van der Waals surface area contributed by atoms with Gasteiger partial charge in [-0.1, -0.05) is 6.07 Å². The molecular formula is C18H28N2O. The molecular weight excluding hydrogens is 260 g/mol. The fourth-order valence-electron chi connectivity index (χ4n) is 3.05. The number of rotatable bonds is 9. The van der Waals surface area contributed by atoms with E-state index in [1.54, 1.807) is 7.11 Å². The number of nitrogens with zero attached hydrogens (tertiary/aromatic N) is 1. The molecule has 0 aromatic heterocycles. The molecule has 3 heteroatoms. The summed E-state index contributed by atoms with van der Waals surface area (Å²) in [6.45, 7) is 4.50. The number of ether oxygens (including phenoxy) is 1. The Hall–Kier alpha value is -1.06. The van der Waals surface area contributed by atoms with E-state index in [9.17, 15) is 0 Å². The Kier molecular flexibility index (Phi) is 4.81. The lowest BCUT2D eigenvalue weighted by Crippen LogP contribution is -2.28. The summed E-state index contributed by atoms with van der Waals surface area (Å²) in [5, 5.41) is 3.23. The van der Waals surface area contributed by atoms with Gasteiger partial charge >= 0.3 is 0 Å². The normalized spacial score (nSPS) is 18.2. The van der Waals surface area contributed by atoms with Crippen LogP contribution >= 0.6 is 0 Å². The van der Waals surface area contributed by atoms with Crippen LogP contribution in [0.2, 0.25) is 0 Å². The Morgan fingerprint density at radius 1 is 1.14 bits per heavy atom. The minimum Gasteiger partial charge on any atom is -0.496 e. The van der Waals surface area contributed by atoms with Crippen molar-refractivity contribution >= 4 is 0 Å². The highest BCUT2D eigenvalue weighted by atomic mass is 16.5. The van der Waals surface area contributed by atoms with Crippen LogP contribution in [0.1, 0.15) is 36.8 Å². The minimum atomic E-state index is 0.919. The zero-order valence-electron chi connectivity index (χ0n) is 13.4. The number of hydrogen-bond acceptors (Lipinski definition) is 3. The number of nitrogens with one attached hydrogen (secondary N) is 1. The van der Waals surface area contributed by atoms with Crippen molar-refractivity contribution in [3.8, 4) is 5.75 Å². The molecule has 2 saturated carbocycles. The highest BCUT2D eigenvalue weighted by Gasteiger charge is 2.29. The van der Waals surface area contributed by atoms with E-state index >= 15 is 0 Å². The van der Waals surface area contributed by atoms with Gasteiger partial charge in [0.2, 0.25) is 0 Å². The summed E-state index contributed by atoms with van der Waals surface area (Å²) < 4.78 is 5.57. The molecule has 116 valence electrons. The van der Waals surface area contributed by atoms with Gasteiger partial charge in [0.1, 0.15) is 5.75 Å². The molecule has 21 heavy (non-hydrogen) atoms. The maximum atomic E-state index is 5.57. The summed E-state index contributed by atoms with van der Waals surface area (Å²) >= 11 is 0. The van der Waals surface area contributed by atoms with Gasteiger partial charge in [-0.15, -0.1) is 0 Å². The monoisotopic (exact) mass is 288 g/mol. The van der Waals surface area contributed by atoms with Gasteiger partial charge in [-0.2, -0.15) is 0 Å². The molecule has 2 aliphatic carbocycles. The number of benzene rings is 1. The Labute approximate surface area is 128 Å². The lowest BCUT2D eigenvalue weighted by Gasteiger charge is -2.23. The van der Waals surface area contributed by atoms with E-state index < -0.39 is 0 Å². The van der Waals surface area contributed by atoms with Gasteiger partial charge in [-0.05, 0) is 62.3 Å². The topological polar surface area (TPSA) is 24.5 Å². The van der Waals surface area contributed by atoms with Crippen molar-refractivity contribution in [1.29, 1.82) is 0 Å². The first-order chi connectivity index (χ1) is 10.3. The number of methoxy groups -OCH3 is 1. The third-order valence-electron chi connectivity index (χ3n) is 4.55. The first kappa shape index (κ1) is 14.9. The van der Waals surface area contributed by atoms with Gasteiger partial charge in [-0.25, -0.2) is 0 Å². The largest absolute Gasteiger partial charge is 0.496 e. The molecule has 0 unspecified atom stereocenters. The molecule has 2 fully saturated rings. The van der Waals surface area contributed by atoms with Gasteiger partial charge in [-0.3, -0.25) is 4.90 Å². The van der Waals surface area contributed by atoms with E-state index in [1.807, 2.05) is 7.05 Å². The van der Waals surface area contributed by atoms with Crippen molar-refractivity contribution in [2.75, 3.05) is 27.2 Å². The highest BCUT2D eigenvalue weighted by Crippen LogP contribution is 2.35. The Balaban J connectivity index is 1.70. The first-order valence-corrected chi connectivity index (χ1v) is 8.31. The molecule has 3 nitrogen and oxygen atoms in total. The lowest BCUT2D eigenvalue weighted by atomic mass is 10.1. The SMILES string of the molecule is CNCc1ccc(OC)c(CN(CC2CC2)CC2CC2)c1. The van der Waals surface area contributed by atoms with E-state index in [0.717, 1.165) is 30.7 Å². The van der Waals surface area contributed by atoms with E-state index in [4.69, 9.17) is 4.74 Å². The second-order valence-corrected chi connectivity index (χ2v) is 6.76. The molecule has 1 aromatic carbocycles. The van der Waals surface area contributed by atoms with E-state index in [1.165, 1.54) is 49.9 Å². The Bertz CT molecular complexity index is 452. The zero-order chi connectivity index (χ0) is 14.7. The fraction of sp³-hybridized carbons (Fsp3) is 0.667. The molecule has 3 rings (SSSR count). The molecule has 0 aliphatic heterocycles. The van der Waals surface area contributed by atoms with Crippen LogP contribution in [0.25, 0.3) is 0 Å². The van der Waals surface area contributed by atoms with Crippen molar-refractivity contribution < 1.29 is 4.74 Å². The van der Waals surface area contributed by atoms with E-state index in [2.05, 4.69) is 28.4 Å². The number of hydrogen-bond donors (Lipinski definition) is 1. The van der Waals surface area contributed by atoms with Crippen LogP contribution < -0.4 is 10.1 Å². The zero-order valence-corrected chi connectivity index (χ0v) is 13.4. The average molecular weight is 288 g/mol. The second kappa shape index (κ2) is 6.80. The predicted octanol–water partition coefficient (Wildman–Crippen LogP) is 3.04. The summed E-state index contributed by atoms with van der Waals surface area (Å²) in [5.74, 6) is 2.94. The molecule has 0 bridgehead atoms. The van der Waals surface area contributed by atoms with Crippen molar-refractivity contribution in [3.63, 3.8) is 0 Å². The van der Waals surface area contributed by atoms with Gasteiger partial charge in [0.15, 0.2) is 0 Å². The molecule has 0 heterocycles. The molecule has 0 spiro atoms. The van der Waals surface area contributed by atoms with Crippen LogP contribution in [0.15, 0.2) is 18.2 Å². The molecule has 0 amide bonds. The Morgan fingerprint density at radius 2 is 1.81 bits per heavy atom. The van der Waals surface area contributed by atoms with Gasteiger partial charge in [0.25, 0.3) is 0 Å². The first-order valence-electron chi connectivity index (χ1n) is 8.31. The lowest BCUT2D eigenvalue weighted by molar-refractivity contribution is 0.240. The molecule has 0 radical (unpaired) electrons. The van der Waals surface area contributed by atoms with Crippen LogP contribution in [-0.2, 0) is 13.1 Å². The van der Waals surface area contributed by atoms with Crippen molar-refractivity contribution in [3.05, 3.63) is 29.3 Å². The molecule has 2 aliphatic rings. The maximum Gasteiger partial charge on any atom is 0.123 e. The standard InChI is InChI=1S/C18H28N2O/c1-19-10-16-7-8-18(21-2)17(9-16)13-20(11-14-3-4-14)12-15-5-6-15/h7-9,14-15,19H,3-6,10-13H2,1-2H3. The Morgan fingerprint density at radius 3 is 2.33 bits per heavy atom. The van der Waals surface area contributed by atoms with Crippen molar-refractivity contribution in [2.24, 2.45) is 11.8 Å². The van der Waals surface area contributed by atoms with E-state index in [0.29, 0.717) is 0 Å². The fourth-order valence-corrected chi connectivity index (χ4v) is 3.05. The summed E-state index contributed by atoms with van der Waals surface area (Å²) in [6.07, 6.45) is 5.71.